The molecule has 0 aliphatic heterocycles. The summed E-state index contributed by atoms with van der Waals surface area (Å²) in [7, 11) is 0. The Labute approximate surface area is 109 Å². The maximum absolute atomic E-state index is 7.12. The van der Waals surface area contributed by atoms with Crippen LogP contribution in [0.4, 0.5) is 0 Å². The number of ether oxygens (including phenoxy) is 1. The summed E-state index contributed by atoms with van der Waals surface area (Å²) >= 11 is 0. The molecule has 0 unspecified atom stereocenters. The van der Waals surface area contributed by atoms with Crippen molar-refractivity contribution in [3.8, 4) is 5.75 Å². The van der Waals surface area contributed by atoms with Crippen molar-refractivity contribution in [2.24, 2.45) is 0 Å². The van der Waals surface area contributed by atoms with Crippen molar-refractivity contribution >= 4 is 17.0 Å². The zero-order chi connectivity index (χ0) is 8.55. The molecule has 2 rings (SSSR count). The van der Waals surface area contributed by atoms with Crippen LogP contribution in [0.3, 0.4) is 0 Å². The van der Waals surface area contributed by atoms with Gasteiger partial charge in [-0.1, -0.05) is 6.07 Å². The van der Waals surface area contributed by atoms with Crippen LogP contribution < -0.4 is 29.6 Å². The van der Waals surface area contributed by atoms with Gasteiger partial charge in [-0.05, 0) is 12.1 Å². The second-order valence-electron chi connectivity index (χ2n) is 2.50. The van der Waals surface area contributed by atoms with E-state index in [2.05, 4.69) is 5.16 Å². The molecule has 1 aromatic carbocycles. The number of hydrogen-bond donors (Lipinski definition) is 2. The summed E-state index contributed by atoms with van der Waals surface area (Å²) in [6.45, 7) is 1.57. The quantitative estimate of drug-likeness (QED) is 0.321. The molecule has 0 amide bonds. The Kier molecular flexibility index (Phi) is 7.62. The van der Waals surface area contributed by atoms with Crippen molar-refractivity contribution in [1.82, 2.24) is 5.16 Å². The molecule has 0 spiro atoms. The van der Waals surface area contributed by atoms with Crippen molar-refractivity contribution in [2.45, 2.75) is 6.92 Å². The van der Waals surface area contributed by atoms with Gasteiger partial charge < -0.3 is 34.1 Å². The molecule has 1 heterocycles. The molecule has 4 nitrogen and oxygen atoms in total. The van der Waals surface area contributed by atoms with Crippen LogP contribution in [0.1, 0.15) is 6.92 Å². The Morgan fingerprint density at radius 1 is 1.40 bits per heavy atom. The molecule has 2 N–H and O–H groups in total. The summed E-state index contributed by atoms with van der Waals surface area (Å²) in [5, 5.41) is 9.78. The summed E-state index contributed by atoms with van der Waals surface area (Å²) in [6, 6.07) is 5.48. The molecule has 7 heteroatoms. The smallest absolute Gasteiger partial charge is 1.00 e. The van der Waals surface area contributed by atoms with Crippen LogP contribution in [-0.2, 0) is 17.1 Å². The van der Waals surface area contributed by atoms with Gasteiger partial charge in [-0.2, -0.15) is 0 Å². The Balaban J connectivity index is 0. The number of rotatable bonds is 1. The number of fused-ring (bicyclic) bond motifs is 1. The maximum atomic E-state index is 7.12. The third-order valence-electron chi connectivity index (χ3n) is 1.51. The summed E-state index contributed by atoms with van der Waals surface area (Å²) in [5.41, 5.74) is 1.57. The van der Waals surface area contributed by atoms with E-state index in [4.69, 9.17) is 14.7 Å². The predicted octanol–water partition coefficient (Wildman–Crippen LogP) is -3.86. The van der Waals surface area contributed by atoms with Crippen LogP contribution in [0.25, 0.3) is 11.1 Å². The molecule has 1 aromatic heterocycles. The standard InChI is InChI=1S/C8H8N2O2.2ClH.Mn/c1-5(9)11-7-4-2-3-6-8(7)12-10-6;;;/h2-4,9-10H,1H3;2*1H;/q;;;+2/p-2. The largest absolute Gasteiger partial charge is 2.00 e. The first-order valence-corrected chi connectivity index (χ1v) is 3.56. The second kappa shape index (κ2) is 6.80. The summed E-state index contributed by atoms with van der Waals surface area (Å²) in [4.78, 5) is 0. The first-order valence-electron chi connectivity index (χ1n) is 3.56. The van der Waals surface area contributed by atoms with Gasteiger partial charge in [-0.3, -0.25) is 5.41 Å². The van der Waals surface area contributed by atoms with Crippen LogP contribution in [-0.4, -0.2) is 11.1 Å². The normalized spacial score (nSPS) is 8.33. The Morgan fingerprint density at radius 2 is 2.07 bits per heavy atom. The Bertz CT molecular complexity index is 427. The molecule has 0 atom stereocenters. The minimum absolute atomic E-state index is 0. The van der Waals surface area contributed by atoms with E-state index in [-0.39, 0.29) is 47.8 Å². The molecular formula is C8H8Cl2MnN2O2. The average Bonchev–Trinajstić information content (AvgIpc) is 1.91. The number of benzene rings is 1. The average molecular weight is 290 g/mol. The number of halogens is 2. The number of aromatic amines is 1. The van der Waals surface area contributed by atoms with E-state index in [1.807, 2.05) is 12.1 Å². The number of aromatic nitrogens is 1. The monoisotopic (exact) mass is 289 g/mol. The van der Waals surface area contributed by atoms with E-state index in [1.54, 1.807) is 13.0 Å². The molecule has 0 aliphatic rings. The summed E-state index contributed by atoms with van der Waals surface area (Å²) in [6.07, 6.45) is 0. The van der Waals surface area contributed by atoms with Crippen molar-refractivity contribution in [3.63, 3.8) is 0 Å². The van der Waals surface area contributed by atoms with Crippen molar-refractivity contribution in [3.05, 3.63) is 18.2 Å². The third kappa shape index (κ3) is 3.46. The molecule has 0 saturated heterocycles. The van der Waals surface area contributed by atoms with Gasteiger partial charge in [0.25, 0.3) is 0 Å². The van der Waals surface area contributed by atoms with Gasteiger partial charge >= 0.3 is 17.1 Å². The maximum Gasteiger partial charge on any atom is 2.00 e. The van der Waals surface area contributed by atoms with E-state index in [1.165, 1.54) is 0 Å². The van der Waals surface area contributed by atoms with Gasteiger partial charge in [0.05, 0.1) is 0 Å². The molecule has 0 saturated carbocycles. The molecule has 15 heavy (non-hydrogen) atoms. The van der Waals surface area contributed by atoms with E-state index >= 15 is 0 Å². The fourth-order valence-corrected chi connectivity index (χ4v) is 1.01. The molecule has 83 valence electrons. The van der Waals surface area contributed by atoms with Crippen molar-refractivity contribution in [2.75, 3.05) is 0 Å². The van der Waals surface area contributed by atoms with Gasteiger partial charge in [0.2, 0.25) is 5.58 Å². The fourth-order valence-electron chi connectivity index (χ4n) is 1.01. The first-order chi connectivity index (χ1) is 5.77. The van der Waals surface area contributed by atoms with Gasteiger partial charge in [0.1, 0.15) is 5.52 Å². The Hall–Kier alpha value is -0.611. The zero-order valence-electron chi connectivity index (χ0n) is 7.68. The molecule has 0 bridgehead atoms. The minimum atomic E-state index is 0. The Morgan fingerprint density at radius 3 is 2.53 bits per heavy atom. The molecule has 0 aliphatic carbocycles. The second-order valence-corrected chi connectivity index (χ2v) is 2.50. The van der Waals surface area contributed by atoms with Crippen LogP contribution in [0.15, 0.2) is 22.7 Å². The minimum Gasteiger partial charge on any atom is -1.00 e. The molecular weight excluding hydrogens is 282 g/mol. The van der Waals surface area contributed by atoms with Gasteiger partial charge in [-0.15, -0.1) is 0 Å². The first kappa shape index (κ1) is 16.8. The number of H-pyrrole nitrogens is 1. The van der Waals surface area contributed by atoms with E-state index in [9.17, 15) is 0 Å². The SMILES string of the molecule is CC(=N)Oc1cccc2[nH]oc12.[Cl-].[Cl-].[Mn+2]. The fraction of sp³-hybridized carbons (Fsp3) is 0.125. The van der Waals surface area contributed by atoms with Crippen LogP contribution in [0.2, 0.25) is 0 Å². The van der Waals surface area contributed by atoms with Crippen LogP contribution in [0, 0.1) is 5.41 Å². The molecule has 0 fully saturated rings. The molecule has 2 aromatic rings. The topological polar surface area (TPSA) is 62.0 Å². The summed E-state index contributed by atoms with van der Waals surface area (Å²) in [5.74, 6) is 0.734. The van der Waals surface area contributed by atoms with Crippen LogP contribution >= 0.6 is 0 Å². The van der Waals surface area contributed by atoms with E-state index < -0.39 is 0 Å². The third-order valence-corrected chi connectivity index (χ3v) is 1.51. The van der Waals surface area contributed by atoms with Gasteiger partial charge in [0, 0.05) is 6.92 Å². The number of nitrogens with one attached hydrogen (secondary N) is 2. The zero-order valence-corrected chi connectivity index (χ0v) is 10.4. The van der Waals surface area contributed by atoms with Crippen molar-refractivity contribution < 1.29 is 51.1 Å². The van der Waals surface area contributed by atoms with Gasteiger partial charge in [0.15, 0.2) is 11.6 Å². The summed E-state index contributed by atoms with van der Waals surface area (Å²) < 4.78 is 10.0. The number of para-hydroxylation sites is 1. The van der Waals surface area contributed by atoms with Gasteiger partial charge in [-0.25, -0.2) is 5.16 Å². The van der Waals surface area contributed by atoms with Crippen LogP contribution in [0.5, 0.6) is 5.75 Å². The van der Waals surface area contributed by atoms with Crippen molar-refractivity contribution in [1.29, 1.82) is 5.41 Å². The van der Waals surface area contributed by atoms with E-state index in [0.29, 0.717) is 11.3 Å². The van der Waals surface area contributed by atoms with E-state index in [0.717, 1.165) is 5.52 Å². The predicted molar refractivity (Wildman–Crippen MR) is 44.6 cm³/mol. The molecule has 1 radical (unpaired) electrons. The number of hydrogen-bond acceptors (Lipinski definition) is 3.